The maximum Gasteiger partial charge on any atom is 0.235 e. The number of nitrogens with one attached hydrogen (secondary N) is 2. The first-order chi connectivity index (χ1) is 15.5. The standard InChI is InChI=1S/C24H19N3O5/c1-13(28)25-15-3-2-4-16(12-15)31-17-6-7-18-14(11-17)5-9-20-22(18)23(27-32-20)19-8-10-21(29)26-24(19)30/h2-7,9,11-12,19H,8,10H2,1H3,(H,25,28)(H,26,29,30). The van der Waals surface area contributed by atoms with Crippen LogP contribution in [0.15, 0.2) is 59.1 Å². The number of carbonyl (C=O) groups excluding carboxylic acids is 3. The second-order valence-corrected chi connectivity index (χ2v) is 7.70. The van der Waals surface area contributed by atoms with Gasteiger partial charge >= 0.3 is 0 Å². The minimum absolute atomic E-state index is 0.155. The molecule has 1 saturated heterocycles. The number of amides is 3. The molecule has 1 fully saturated rings. The van der Waals surface area contributed by atoms with Crippen LogP contribution in [0.2, 0.25) is 0 Å². The second-order valence-electron chi connectivity index (χ2n) is 7.70. The normalized spacial score (nSPS) is 16.2. The number of rotatable bonds is 4. The highest BCUT2D eigenvalue weighted by Gasteiger charge is 2.32. The van der Waals surface area contributed by atoms with Crippen molar-refractivity contribution in [2.75, 3.05) is 5.32 Å². The Kier molecular flexibility index (Phi) is 4.82. The summed E-state index contributed by atoms with van der Waals surface area (Å²) in [5.41, 5.74) is 1.76. The van der Waals surface area contributed by atoms with Gasteiger partial charge in [0.25, 0.3) is 0 Å². The Morgan fingerprint density at radius 3 is 2.78 bits per heavy atom. The monoisotopic (exact) mass is 429 g/mol. The van der Waals surface area contributed by atoms with Crippen LogP contribution in [-0.4, -0.2) is 22.9 Å². The predicted molar refractivity (Wildman–Crippen MR) is 117 cm³/mol. The average molecular weight is 429 g/mol. The van der Waals surface area contributed by atoms with E-state index >= 15 is 0 Å². The van der Waals surface area contributed by atoms with Gasteiger partial charge in [0.05, 0.1) is 11.3 Å². The maximum absolute atomic E-state index is 12.4. The Balaban J connectivity index is 1.50. The van der Waals surface area contributed by atoms with Crippen molar-refractivity contribution in [3.63, 3.8) is 0 Å². The van der Waals surface area contributed by atoms with Crippen molar-refractivity contribution in [1.29, 1.82) is 0 Å². The summed E-state index contributed by atoms with van der Waals surface area (Å²) in [7, 11) is 0. The molecule has 5 rings (SSSR count). The third-order valence-corrected chi connectivity index (χ3v) is 5.41. The quantitative estimate of drug-likeness (QED) is 0.469. The number of nitrogens with zero attached hydrogens (tertiary/aromatic N) is 1. The first-order valence-corrected chi connectivity index (χ1v) is 10.2. The van der Waals surface area contributed by atoms with Gasteiger partial charge in [0, 0.05) is 25.1 Å². The number of benzene rings is 3. The fourth-order valence-corrected chi connectivity index (χ4v) is 4.00. The highest BCUT2D eigenvalue weighted by molar-refractivity contribution is 6.10. The van der Waals surface area contributed by atoms with Crippen LogP contribution in [0.4, 0.5) is 5.69 Å². The van der Waals surface area contributed by atoms with Crippen LogP contribution in [-0.2, 0) is 14.4 Å². The smallest absolute Gasteiger partial charge is 0.235 e. The largest absolute Gasteiger partial charge is 0.457 e. The Morgan fingerprint density at radius 2 is 1.97 bits per heavy atom. The van der Waals surface area contributed by atoms with Crippen molar-refractivity contribution in [2.45, 2.75) is 25.7 Å². The highest BCUT2D eigenvalue weighted by Crippen LogP contribution is 2.36. The lowest BCUT2D eigenvalue weighted by Gasteiger charge is -2.19. The molecule has 0 aliphatic carbocycles. The van der Waals surface area contributed by atoms with Crippen LogP contribution in [0, 0.1) is 0 Å². The summed E-state index contributed by atoms with van der Waals surface area (Å²) in [6.45, 7) is 1.45. The van der Waals surface area contributed by atoms with Crippen LogP contribution in [0.3, 0.4) is 0 Å². The van der Waals surface area contributed by atoms with E-state index in [0.29, 0.717) is 34.9 Å². The van der Waals surface area contributed by atoms with Gasteiger partial charge in [-0.25, -0.2) is 0 Å². The fourth-order valence-electron chi connectivity index (χ4n) is 4.00. The number of anilines is 1. The zero-order chi connectivity index (χ0) is 22.2. The molecule has 4 aromatic rings. The molecule has 1 aliphatic rings. The van der Waals surface area contributed by atoms with E-state index in [0.717, 1.165) is 16.2 Å². The third kappa shape index (κ3) is 3.66. The Morgan fingerprint density at radius 1 is 1.12 bits per heavy atom. The van der Waals surface area contributed by atoms with Gasteiger partial charge in [-0.3, -0.25) is 19.7 Å². The molecule has 0 radical (unpaired) electrons. The van der Waals surface area contributed by atoms with E-state index in [4.69, 9.17) is 9.26 Å². The number of hydrogen-bond donors (Lipinski definition) is 2. The molecule has 160 valence electrons. The van der Waals surface area contributed by atoms with Gasteiger partial charge in [0.2, 0.25) is 17.7 Å². The lowest BCUT2D eigenvalue weighted by molar-refractivity contribution is -0.134. The summed E-state index contributed by atoms with van der Waals surface area (Å²) < 4.78 is 11.5. The zero-order valence-electron chi connectivity index (χ0n) is 17.2. The fraction of sp³-hybridized carbons (Fsp3) is 0.167. The molecule has 0 bridgehead atoms. The van der Waals surface area contributed by atoms with Gasteiger partial charge in [-0.15, -0.1) is 0 Å². The molecule has 0 saturated carbocycles. The molecule has 1 atom stereocenters. The first kappa shape index (κ1) is 19.7. The molecule has 1 unspecified atom stereocenters. The topological polar surface area (TPSA) is 111 Å². The Bertz CT molecular complexity index is 1390. The van der Waals surface area contributed by atoms with E-state index in [9.17, 15) is 14.4 Å². The summed E-state index contributed by atoms with van der Waals surface area (Å²) in [5, 5.41) is 11.8. The maximum atomic E-state index is 12.4. The number of hydrogen-bond acceptors (Lipinski definition) is 6. The van der Waals surface area contributed by atoms with Gasteiger partial charge in [-0.05, 0) is 53.6 Å². The summed E-state index contributed by atoms with van der Waals surface area (Å²) in [4.78, 5) is 35.2. The first-order valence-electron chi connectivity index (χ1n) is 10.2. The molecule has 3 amide bonds. The van der Waals surface area contributed by atoms with Gasteiger partial charge in [0.1, 0.15) is 17.2 Å². The molecular formula is C24H19N3O5. The molecule has 8 nitrogen and oxygen atoms in total. The summed E-state index contributed by atoms with van der Waals surface area (Å²) in [5.74, 6) is -0.105. The van der Waals surface area contributed by atoms with Gasteiger partial charge in [0.15, 0.2) is 5.58 Å². The molecule has 1 aromatic heterocycles. The zero-order valence-corrected chi connectivity index (χ0v) is 17.2. The van der Waals surface area contributed by atoms with Gasteiger partial charge in [-0.2, -0.15) is 0 Å². The van der Waals surface area contributed by atoms with Gasteiger partial charge in [-0.1, -0.05) is 17.3 Å². The molecular weight excluding hydrogens is 410 g/mol. The van der Waals surface area contributed by atoms with Gasteiger partial charge < -0.3 is 14.6 Å². The van der Waals surface area contributed by atoms with Crippen LogP contribution < -0.4 is 15.4 Å². The van der Waals surface area contributed by atoms with Crippen LogP contribution in [0.25, 0.3) is 21.7 Å². The molecule has 2 N–H and O–H groups in total. The van der Waals surface area contributed by atoms with E-state index in [2.05, 4.69) is 15.8 Å². The van der Waals surface area contributed by atoms with E-state index in [-0.39, 0.29) is 24.1 Å². The predicted octanol–water partition coefficient (Wildman–Crippen LogP) is 4.25. The SMILES string of the molecule is CC(=O)Nc1cccc(Oc2ccc3c(ccc4onc(C5CCC(=O)NC5=O)c43)c2)c1. The summed E-state index contributed by atoms with van der Waals surface area (Å²) in [6.07, 6.45) is 0.666. The third-order valence-electron chi connectivity index (χ3n) is 5.41. The molecule has 1 aliphatic heterocycles. The van der Waals surface area contributed by atoms with Crippen molar-refractivity contribution in [1.82, 2.24) is 10.5 Å². The number of carbonyl (C=O) groups is 3. The Hall–Kier alpha value is -4.20. The van der Waals surface area contributed by atoms with E-state index < -0.39 is 5.92 Å². The van der Waals surface area contributed by atoms with Crippen molar-refractivity contribution in [3.8, 4) is 11.5 Å². The number of imide groups is 1. The van der Waals surface area contributed by atoms with Crippen molar-refractivity contribution < 1.29 is 23.6 Å². The summed E-state index contributed by atoms with van der Waals surface area (Å²) in [6, 6.07) is 16.5. The summed E-state index contributed by atoms with van der Waals surface area (Å²) >= 11 is 0. The van der Waals surface area contributed by atoms with E-state index in [1.807, 2.05) is 24.3 Å². The second kappa shape index (κ2) is 7.81. The lowest BCUT2D eigenvalue weighted by atomic mass is 9.91. The van der Waals surface area contributed by atoms with Crippen molar-refractivity contribution in [3.05, 3.63) is 60.3 Å². The molecule has 2 heterocycles. The minimum atomic E-state index is -0.535. The average Bonchev–Trinajstić information content (AvgIpc) is 3.18. The molecule has 0 spiro atoms. The van der Waals surface area contributed by atoms with E-state index in [1.54, 1.807) is 30.3 Å². The number of piperidine rings is 1. The van der Waals surface area contributed by atoms with Crippen LogP contribution in [0.1, 0.15) is 31.4 Å². The lowest BCUT2D eigenvalue weighted by Crippen LogP contribution is -2.39. The van der Waals surface area contributed by atoms with Crippen LogP contribution in [0.5, 0.6) is 11.5 Å². The number of ether oxygens (including phenoxy) is 1. The number of fused-ring (bicyclic) bond motifs is 3. The molecule has 3 aromatic carbocycles. The number of aromatic nitrogens is 1. The molecule has 32 heavy (non-hydrogen) atoms. The Labute approximate surface area is 182 Å². The molecule has 8 heteroatoms. The van der Waals surface area contributed by atoms with E-state index in [1.165, 1.54) is 6.92 Å². The van der Waals surface area contributed by atoms with Crippen molar-refractivity contribution in [2.24, 2.45) is 0 Å². The minimum Gasteiger partial charge on any atom is -0.457 e. The van der Waals surface area contributed by atoms with Crippen molar-refractivity contribution >= 4 is 45.2 Å². The van der Waals surface area contributed by atoms with Crippen LogP contribution >= 0.6 is 0 Å². The highest BCUT2D eigenvalue weighted by atomic mass is 16.5.